The van der Waals surface area contributed by atoms with Crippen LogP contribution in [-0.4, -0.2) is 0 Å². The van der Waals surface area contributed by atoms with Crippen LogP contribution in [0.5, 0.6) is 0 Å². The zero-order valence-corrected chi connectivity index (χ0v) is 17.9. The summed E-state index contributed by atoms with van der Waals surface area (Å²) >= 11 is 0. The monoisotopic (exact) mass is 477 g/mol. The largest absolute Gasteiger partial charge is 0.219 e. The maximum Gasteiger partial charge on any atom is 0.219 e. The van der Waals surface area contributed by atoms with Crippen molar-refractivity contribution >= 4 is 29.6 Å². The second-order valence-corrected chi connectivity index (χ2v) is 9.32. The Hall–Kier alpha value is -3.44. The van der Waals surface area contributed by atoms with Crippen molar-refractivity contribution in [2.75, 3.05) is 0 Å². The normalized spacial score (nSPS) is 13.6. The van der Waals surface area contributed by atoms with Gasteiger partial charge in [0.05, 0.1) is 10.8 Å². The summed E-state index contributed by atoms with van der Waals surface area (Å²) in [6, 6.07) is 38.6. The van der Waals surface area contributed by atoms with Crippen LogP contribution >= 0.6 is 7.81 Å². The van der Waals surface area contributed by atoms with E-state index in [-0.39, 0.29) is 0 Å². The van der Waals surface area contributed by atoms with Crippen molar-refractivity contribution < 1.29 is 29.7 Å². The fourth-order valence-corrected chi connectivity index (χ4v) is 3.81. The van der Waals surface area contributed by atoms with Gasteiger partial charge in [0.2, 0.25) is 16.7 Å². The number of para-hydroxylation sites is 3. The molecule has 1 nitrogen and oxygen atoms in total. The molecule has 4 aromatic carbocycles. The van der Waals surface area contributed by atoms with Gasteiger partial charge in [-0.25, -0.2) is 0 Å². The standard InChI is InChI=1S/C25H18N.F6P/c1-3-11-19(12-4-1)25-21-15-7-9-17-23(21)26(20-13-5-2-6-14-20)24-18-10-8-16-22(24)25;1-7(2,3,4,5)6/h1-18H;/q+1;-1. The summed E-state index contributed by atoms with van der Waals surface area (Å²) in [7, 11) is -10.7. The fourth-order valence-electron chi connectivity index (χ4n) is 3.81. The maximum atomic E-state index is 9.87. The van der Waals surface area contributed by atoms with Gasteiger partial charge in [-0.05, 0) is 17.7 Å². The minimum absolute atomic E-state index is 1.18. The second kappa shape index (κ2) is 7.56. The average molecular weight is 477 g/mol. The summed E-state index contributed by atoms with van der Waals surface area (Å²) in [5.41, 5.74) is 6.16. The Morgan fingerprint density at radius 2 is 0.818 bits per heavy atom. The number of fused-ring (bicyclic) bond motifs is 2. The zero-order chi connectivity index (χ0) is 23.8. The Bertz CT molecular complexity index is 1270. The Balaban J connectivity index is 0.000000325. The van der Waals surface area contributed by atoms with Gasteiger partial charge in [0.15, 0.2) is 0 Å². The molecule has 0 saturated carbocycles. The maximum absolute atomic E-state index is 10.7. The summed E-state index contributed by atoms with van der Waals surface area (Å²) < 4.78 is 61.6. The molecule has 0 N–H and O–H groups in total. The SMILES string of the molecule is F[P-](F)(F)(F)(F)F.c1ccc(-c2c3ccccc3[n+](-c3ccccc3)c3ccccc23)cc1. The Morgan fingerprint density at radius 1 is 0.455 bits per heavy atom. The third-order valence-electron chi connectivity index (χ3n) is 4.91. The predicted molar refractivity (Wildman–Crippen MR) is 122 cm³/mol. The van der Waals surface area contributed by atoms with Gasteiger partial charge in [-0.15, -0.1) is 0 Å². The van der Waals surface area contributed by atoms with Gasteiger partial charge >= 0.3 is 33.0 Å². The topological polar surface area (TPSA) is 3.88 Å². The van der Waals surface area contributed by atoms with Crippen LogP contribution in [0.25, 0.3) is 38.6 Å². The molecule has 0 aliphatic heterocycles. The van der Waals surface area contributed by atoms with Crippen molar-refractivity contribution in [1.82, 2.24) is 0 Å². The Labute approximate surface area is 185 Å². The molecule has 0 unspecified atom stereocenters. The van der Waals surface area contributed by atoms with Gasteiger partial charge in [-0.1, -0.05) is 72.8 Å². The van der Waals surface area contributed by atoms with Gasteiger partial charge in [0.25, 0.3) is 0 Å². The van der Waals surface area contributed by atoms with E-state index < -0.39 is 7.81 Å². The van der Waals surface area contributed by atoms with E-state index in [4.69, 9.17) is 0 Å². The molecule has 0 radical (unpaired) electrons. The molecule has 0 amide bonds. The van der Waals surface area contributed by atoms with Crippen LogP contribution in [0, 0.1) is 0 Å². The number of aromatic nitrogens is 1. The first-order valence-electron chi connectivity index (χ1n) is 9.91. The molecule has 0 fully saturated rings. The molecule has 0 saturated heterocycles. The summed E-state index contributed by atoms with van der Waals surface area (Å²) in [5.74, 6) is 0. The number of benzene rings is 4. The van der Waals surface area contributed by atoms with Crippen LogP contribution in [0.4, 0.5) is 25.2 Å². The molecular formula is C25H18F6NP. The molecule has 1 aromatic heterocycles. The molecule has 8 heteroatoms. The Kier molecular flexibility index (Phi) is 5.21. The molecular weight excluding hydrogens is 459 g/mol. The van der Waals surface area contributed by atoms with Gasteiger partial charge < -0.3 is 0 Å². The van der Waals surface area contributed by atoms with E-state index >= 15 is 0 Å². The van der Waals surface area contributed by atoms with Gasteiger partial charge in [-0.2, -0.15) is 4.57 Å². The van der Waals surface area contributed by atoms with E-state index in [1.165, 1.54) is 38.6 Å². The first-order chi connectivity index (χ1) is 15.4. The van der Waals surface area contributed by atoms with E-state index in [2.05, 4.69) is 114 Å². The summed E-state index contributed by atoms with van der Waals surface area (Å²) in [6.45, 7) is 0. The molecule has 0 bridgehead atoms. The van der Waals surface area contributed by atoms with Gasteiger partial charge in [0.1, 0.15) is 0 Å². The third kappa shape index (κ3) is 5.88. The molecule has 1 heterocycles. The molecule has 5 rings (SSSR count). The number of halogens is 6. The number of pyridine rings is 1. The Morgan fingerprint density at radius 3 is 1.27 bits per heavy atom. The number of hydrogen-bond donors (Lipinski definition) is 0. The molecule has 0 aliphatic rings. The predicted octanol–water partition coefficient (Wildman–Crippen LogP) is 9.32. The van der Waals surface area contributed by atoms with Crippen molar-refractivity contribution in [3.63, 3.8) is 0 Å². The van der Waals surface area contributed by atoms with Crippen LogP contribution in [0.15, 0.2) is 109 Å². The second-order valence-electron chi connectivity index (χ2n) is 7.40. The molecule has 5 aromatic rings. The summed E-state index contributed by atoms with van der Waals surface area (Å²) in [4.78, 5) is 0. The minimum Gasteiger partial charge on any atom is -0.153 e. The van der Waals surface area contributed by atoms with E-state index in [0.29, 0.717) is 0 Å². The quantitative estimate of drug-likeness (QED) is 0.103. The average Bonchev–Trinajstić information content (AvgIpc) is 2.76. The number of rotatable bonds is 2. The van der Waals surface area contributed by atoms with Crippen molar-refractivity contribution in [2.45, 2.75) is 0 Å². The van der Waals surface area contributed by atoms with E-state index in [1.807, 2.05) is 0 Å². The third-order valence-corrected chi connectivity index (χ3v) is 4.91. The zero-order valence-electron chi connectivity index (χ0n) is 17.1. The van der Waals surface area contributed by atoms with E-state index in [1.54, 1.807) is 0 Å². The molecule has 170 valence electrons. The fraction of sp³-hybridized carbons (Fsp3) is 0. The van der Waals surface area contributed by atoms with Crippen LogP contribution < -0.4 is 4.57 Å². The first-order valence-corrected chi connectivity index (χ1v) is 11.9. The van der Waals surface area contributed by atoms with Crippen molar-refractivity contribution in [1.29, 1.82) is 0 Å². The molecule has 33 heavy (non-hydrogen) atoms. The van der Waals surface area contributed by atoms with Gasteiger partial charge in [0, 0.05) is 29.8 Å². The van der Waals surface area contributed by atoms with Crippen molar-refractivity contribution in [3.8, 4) is 16.8 Å². The molecule has 0 aliphatic carbocycles. The minimum atomic E-state index is -10.7. The number of nitrogens with zero attached hydrogens (tertiary/aromatic N) is 1. The van der Waals surface area contributed by atoms with Crippen LogP contribution in [0.3, 0.4) is 0 Å². The van der Waals surface area contributed by atoms with Crippen LogP contribution in [-0.2, 0) is 0 Å². The molecule has 0 atom stereocenters. The smallest absolute Gasteiger partial charge is 0.153 e. The van der Waals surface area contributed by atoms with Crippen LogP contribution in [0.2, 0.25) is 0 Å². The van der Waals surface area contributed by atoms with E-state index in [0.717, 1.165) is 0 Å². The summed E-state index contributed by atoms with van der Waals surface area (Å²) in [6.07, 6.45) is 0. The van der Waals surface area contributed by atoms with Crippen LogP contribution in [0.1, 0.15) is 0 Å². The number of hydrogen-bond acceptors (Lipinski definition) is 0. The van der Waals surface area contributed by atoms with Crippen molar-refractivity contribution in [2.24, 2.45) is 0 Å². The van der Waals surface area contributed by atoms with E-state index in [9.17, 15) is 25.2 Å². The summed E-state index contributed by atoms with van der Waals surface area (Å²) in [5, 5.41) is 2.53. The molecule has 0 spiro atoms. The first kappa shape index (κ1) is 22.7. The van der Waals surface area contributed by atoms with Crippen molar-refractivity contribution in [3.05, 3.63) is 109 Å². The van der Waals surface area contributed by atoms with Gasteiger partial charge in [-0.3, -0.25) is 0 Å².